The average molecular weight is 537 g/mol. The van der Waals surface area contributed by atoms with Crippen molar-refractivity contribution < 1.29 is 34.5 Å². The molecule has 0 spiro atoms. The molecule has 0 atom stereocenters. The first kappa shape index (κ1) is 31.1. The molecule has 1 amide bonds. The molecule has 38 heavy (non-hydrogen) atoms. The van der Waals surface area contributed by atoms with Gasteiger partial charge in [0.2, 0.25) is 0 Å². The number of carbonyl (C=O) groups is 4. The minimum atomic E-state index is -0.991. The van der Waals surface area contributed by atoms with E-state index in [9.17, 15) is 34.5 Å². The minimum absolute atomic E-state index is 0.167. The predicted octanol–water partition coefficient (Wildman–Crippen LogP) is -0.413. The van der Waals surface area contributed by atoms with Gasteiger partial charge in [-0.25, -0.2) is 0 Å². The summed E-state index contributed by atoms with van der Waals surface area (Å²) >= 11 is 0. The van der Waals surface area contributed by atoms with E-state index in [0.717, 1.165) is 18.5 Å². The summed E-state index contributed by atoms with van der Waals surface area (Å²) in [5.74, 6) is -3.09. The van der Waals surface area contributed by atoms with E-state index in [4.69, 9.17) is 0 Å². The number of nitrogens with one attached hydrogen (secondary N) is 1. The van der Waals surface area contributed by atoms with E-state index in [-0.39, 0.29) is 25.5 Å². The van der Waals surface area contributed by atoms with E-state index in [1.54, 1.807) is 26.8 Å². The van der Waals surface area contributed by atoms with Crippen molar-refractivity contribution in [1.29, 1.82) is 0 Å². The van der Waals surface area contributed by atoms with Crippen LogP contribution in [0.1, 0.15) is 35.8 Å². The third kappa shape index (κ3) is 12.4. The molecule has 0 unspecified atom stereocenters. The fourth-order valence-corrected chi connectivity index (χ4v) is 4.15. The van der Waals surface area contributed by atoms with Crippen LogP contribution in [0.5, 0.6) is 0 Å². The van der Waals surface area contributed by atoms with Crippen LogP contribution < -0.4 is 5.32 Å². The lowest BCUT2D eigenvalue weighted by molar-refractivity contribution is -0.140. The van der Waals surface area contributed by atoms with Gasteiger partial charge in [0.15, 0.2) is 0 Å². The second kappa shape index (κ2) is 16.7. The van der Waals surface area contributed by atoms with Crippen LogP contribution in [-0.2, 0) is 20.9 Å². The molecule has 0 bridgehead atoms. The van der Waals surface area contributed by atoms with E-state index >= 15 is 0 Å². The summed E-state index contributed by atoms with van der Waals surface area (Å²) in [7, 11) is 0. The third-order valence-electron chi connectivity index (χ3n) is 6.29. The summed E-state index contributed by atoms with van der Waals surface area (Å²) in [6.45, 7) is 5.90. The van der Waals surface area contributed by atoms with Gasteiger partial charge in [-0.05, 0) is 18.6 Å². The number of nitrogens with zero attached hydrogens (tertiary/aromatic N) is 5. The molecule has 0 saturated carbocycles. The van der Waals surface area contributed by atoms with Gasteiger partial charge in [-0.15, -0.1) is 0 Å². The first-order chi connectivity index (χ1) is 18.2. The number of carbonyl (C=O) groups excluding carboxylic acids is 1. The van der Waals surface area contributed by atoms with Crippen molar-refractivity contribution in [2.75, 3.05) is 78.5 Å². The summed E-state index contributed by atoms with van der Waals surface area (Å²) in [4.78, 5) is 58.2. The predicted molar refractivity (Wildman–Crippen MR) is 139 cm³/mol. The molecule has 1 aromatic rings. The maximum Gasteiger partial charge on any atom is 0.317 e. The maximum absolute atomic E-state index is 12.3. The lowest BCUT2D eigenvalue weighted by atomic mass is 10.2. The largest absolute Gasteiger partial charge is 0.480 e. The van der Waals surface area contributed by atoms with Crippen LogP contribution in [0.3, 0.4) is 0 Å². The second-order valence-electron chi connectivity index (χ2n) is 9.43. The molecule has 0 aromatic carbocycles. The van der Waals surface area contributed by atoms with Crippen LogP contribution >= 0.6 is 0 Å². The number of hydrogen-bond donors (Lipinski definition) is 4. The zero-order valence-corrected chi connectivity index (χ0v) is 22.0. The fourth-order valence-electron chi connectivity index (χ4n) is 4.15. The van der Waals surface area contributed by atoms with Crippen LogP contribution in [0, 0.1) is 0 Å². The van der Waals surface area contributed by atoms with Crippen molar-refractivity contribution in [1.82, 2.24) is 29.9 Å². The van der Waals surface area contributed by atoms with Crippen molar-refractivity contribution in [2.45, 2.75) is 26.3 Å². The normalized spacial score (nSPS) is 17.3. The highest BCUT2D eigenvalue weighted by Gasteiger charge is 2.20. The van der Waals surface area contributed by atoms with E-state index < -0.39 is 17.9 Å². The van der Waals surface area contributed by atoms with Crippen LogP contribution in [0.15, 0.2) is 18.3 Å². The molecule has 0 radical (unpaired) electrons. The van der Waals surface area contributed by atoms with Crippen LogP contribution in [0.2, 0.25) is 0 Å². The Morgan fingerprint density at radius 2 is 1.21 bits per heavy atom. The van der Waals surface area contributed by atoms with Gasteiger partial charge in [-0.1, -0.05) is 13.3 Å². The molecule has 1 aromatic heterocycles. The van der Waals surface area contributed by atoms with Crippen molar-refractivity contribution in [3.8, 4) is 0 Å². The first-order valence-corrected chi connectivity index (χ1v) is 12.9. The highest BCUT2D eigenvalue weighted by Crippen LogP contribution is 2.07. The Kier molecular flexibility index (Phi) is 13.6. The zero-order chi connectivity index (χ0) is 27.9. The number of aliphatic carboxylic acids is 3. The molecule has 4 N–H and O–H groups in total. The monoisotopic (exact) mass is 536 g/mol. The van der Waals surface area contributed by atoms with E-state index in [1.807, 2.05) is 0 Å². The molecule has 13 heteroatoms. The van der Waals surface area contributed by atoms with Crippen molar-refractivity contribution >= 4 is 23.8 Å². The number of amides is 1. The highest BCUT2D eigenvalue weighted by atomic mass is 16.4. The van der Waals surface area contributed by atoms with Gasteiger partial charge in [-0.2, -0.15) is 0 Å². The highest BCUT2D eigenvalue weighted by molar-refractivity contribution is 5.93. The summed E-state index contributed by atoms with van der Waals surface area (Å²) in [5.41, 5.74) is 1.22. The second-order valence-corrected chi connectivity index (χ2v) is 9.43. The van der Waals surface area contributed by atoms with Gasteiger partial charge >= 0.3 is 17.9 Å². The molecule has 2 heterocycles. The Morgan fingerprint density at radius 3 is 1.58 bits per heavy atom. The van der Waals surface area contributed by atoms with Gasteiger partial charge in [0.25, 0.3) is 5.91 Å². The van der Waals surface area contributed by atoms with Gasteiger partial charge in [0.1, 0.15) is 0 Å². The number of rotatable bonds is 12. The van der Waals surface area contributed by atoms with Crippen LogP contribution in [0.25, 0.3) is 0 Å². The van der Waals surface area contributed by atoms with Crippen molar-refractivity contribution in [2.24, 2.45) is 0 Å². The topological polar surface area (TPSA) is 167 Å². The number of carboxylic acids is 3. The molecule has 1 saturated heterocycles. The van der Waals surface area contributed by atoms with Gasteiger partial charge < -0.3 is 20.6 Å². The Bertz CT molecular complexity index is 882. The Labute approximate surface area is 223 Å². The van der Waals surface area contributed by atoms with E-state index in [2.05, 4.69) is 22.1 Å². The smallest absolute Gasteiger partial charge is 0.317 e. The summed E-state index contributed by atoms with van der Waals surface area (Å²) < 4.78 is 0. The van der Waals surface area contributed by atoms with Crippen LogP contribution in [0.4, 0.5) is 0 Å². The molecule has 13 nitrogen and oxygen atoms in total. The van der Waals surface area contributed by atoms with Crippen molar-refractivity contribution in [3.63, 3.8) is 0 Å². The fraction of sp³-hybridized carbons (Fsp3) is 0.640. The quantitative estimate of drug-likeness (QED) is 0.255. The van der Waals surface area contributed by atoms with Gasteiger partial charge in [0, 0.05) is 71.6 Å². The summed E-state index contributed by atoms with van der Waals surface area (Å²) in [5, 5.41) is 30.8. The molecule has 212 valence electrons. The standard InChI is InChI=1S/C25H40N6O7/c1-2-3-6-26-25(38)20-4-5-21(27-15-20)16-28-7-9-29(17-22(32)33)11-13-31(19-24(36)37)14-12-30(10-8-28)18-23(34)35/h4-5,15H,2-3,6-14,16-19H2,1H3,(H,26,38)(H,32,33)(H,34,35)(H,36,37). The van der Waals surface area contributed by atoms with E-state index in [0.29, 0.717) is 71.0 Å². The maximum atomic E-state index is 12.3. The number of unbranched alkanes of at least 4 members (excludes halogenated alkanes) is 1. The Morgan fingerprint density at radius 1 is 0.763 bits per heavy atom. The number of pyridine rings is 1. The van der Waals surface area contributed by atoms with Gasteiger partial charge in [-0.3, -0.25) is 43.8 Å². The van der Waals surface area contributed by atoms with Crippen LogP contribution in [-0.4, -0.2) is 142 Å². The Hall–Kier alpha value is -3.13. The average Bonchev–Trinajstić information content (AvgIpc) is 2.85. The molecule has 0 aliphatic carbocycles. The molecule has 1 fully saturated rings. The number of aromatic nitrogens is 1. The molecule has 2 rings (SSSR count). The number of carboxylic acid groups (broad SMARTS) is 3. The lowest BCUT2D eigenvalue weighted by Crippen LogP contribution is -2.48. The SMILES string of the molecule is CCCCNC(=O)c1ccc(CN2CCN(CC(=O)O)CCN(CC(=O)O)CCN(CC(=O)O)CC2)nc1. The molecule has 1 aliphatic heterocycles. The molecule has 1 aliphatic rings. The molecular formula is C25H40N6O7. The molecular weight excluding hydrogens is 496 g/mol. The summed E-state index contributed by atoms with van der Waals surface area (Å²) in [6.07, 6.45) is 3.43. The minimum Gasteiger partial charge on any atom is -0.480 e. The van der Waals surface area contributed by atoms with E-state index in [1.165, 1.54) is 6.20 Å². The van der Waals surface area contributed by atoms with Gasteiger partial charge in [0.05, 0.1) is 30.9 Å². The Balaban J connectivity index is 2.12. The lowest BCUT2D eigenvalue weighted by Gasteiger charge is -2.33. The third-order valence-corrected chi connectivity index (χ3v) is 6.29. The van der Waals surface area contributed by atoms with Crippen molar-refractivity contribution in [3.05, 3.63) is 29.6 Å². The summed E-state index contributed by atoms with van der Waals surface area (Å²) in [6, 6.07) is 3.52. The number of hydrogen-bond acceptors (Lipinski definition) is 9. The first-order valence-electron chi connectivity index (χ1n) is 12.9. The zero-order valence-electron chi connectivity index (χ0n) is 22.0.